The van der Waals surface area contributed by atoms with Gasteiger partial charge in [-0.15, -0.1) is 0 Å². The van der Waals surface area contributed by atoms with Gasteiger partial charge in [0.15, 0.2) is 0 Å². The average Bonchev–Trinajstić information content (AvgIpc) is 2.55. The Morgan fingerprint density at radius 3 is 2.52 bits per heavy atom. The summed E-state index contributed by atoms with van der Waals surface area (Å²) in [5, 5.41) is 0. The van der Waals surface area contributed by atoms with Crippen LogP contribution >= 0.6 is 0 Å². The van der Waals surface area contributed by atoms with Gasteiger partial charge in [-0.3, -0.25) is 0 Å². The fraction of sp³-hybridized carbons (Fsp3) is 0.250. The molecular weight excluding hydrogens is 321 g/mol. The van der Waals surface area contributed by atoms with Crippen molar-refractivity contribution in [3.63, 3.8) is 0 Å². The molecule has 5 nitrogen and oxygen atoms in total. The Hall–Kier alpha value is -1.96. The largest absolute Gasteiger partial charge is 0.495 e. The predicted octanol–water partition coefficient (Wildman–Crippen LogP) is 2.50. The number of nitrogens with one attached hydrogen (secondary N) is 1. The third-order valence-electron chi connectivity index (χ3n) is 3.32. The highest BCUT2D eigenvalue weighted by Gasteiger charge is 2.21. The lowest BCUT2D eigenvalue weighted by atomic mass is 10.1. The van der Waals surface area contributed by atoms with E-state index in [2.05, 4.69) is 4.72 Å². The van der Waals surface area contributed by atoms with Gasteiger partial charge in [-0.1, -0.05) is 24.3 Å². The zero-order valence-electron chi connectivity index (χ0n) is 12.8. The van der Waals surface area contributed by atoms with Gasteiger partial charge in [-0.05, 0) is 29.8 Å². The summed E-state index contributed by atoms with van der Waals surface area (Å²) in [7, 11) is -0.936. The standard InChI is InChI=1S/C16H18FNO4S/c1-21-14-8-3-4-9-16(14)23(19,20)18-11-15(22-2)12-6-5-7-13(17)10-12/h3-10,15,18H,11H2,1-2H3/t15-/m1/s1. The maximum absolute atomic E-state index is 13.3. The molecule has 2 aromatic rings. The van der Waals surface area contributed by atoms with Crippen molar-refractivity contribution >= 4 is 10.0 Å². The van der Waals surface area contributed by atoms with Gasteiger partial charge >= 0.3 is 0 Å². The third kappa shape index (κ3) is 4.28. The first-order chi connectivity index (χ1) is 11.0. The number of hydrogen-bond acceptors (Lipinski definition) is 4. The van der Waals surface area contributed by atoms with Gasteiger partial charge in [0.05, 0.1) is 13.2 Å². The van der Waals surface area contributed by atoms with E-state index in [1.807, 2.05) is 0 Å². The highest BCUT2D eigenvalue weighted by molar-refractivity contribution is 7.89. The molecule has 2 rings (SSSR count). The summed E-state index contributed by atoms with van der Waals surface area (Å²) in [5.74, 6) is -0.156. The quantitative estimate of drug-likeness (QED) is 0.842. The number of methoxy groups -OCH3 is 2. The monoisotopic (exact) mass is 339 g/mol. The third-order valence-corrected chi connectivity index (χ3v) is 4.79. The second-order valence-electron chi connectivity index (χ2n) is 4.78. The van der Waals surface area contributed by atoms with Gasteiger partial charge in [-0.2, -0.15) is 0 Å². The first kappa shape index (κ1) is 17.4. The zero-order chi connectivity index (χ0) is 16.9. The van der Waals surface area contributed by atoms with Crippen LogP contribution < -0.4 is 9.46 Å². The normalized spacial score (nSPS) is 12.8. The first-order valence-corrected chi connectivity index (χ1v) is 8.37. The molecule has 0 saturated heterocycles. The molecule has 0 bridgehead atoms. The highest BCUT2D eigenvalue weighted by Crippen LogP contribution is 2.23. The van der Waals surface area contributed by atoms with Crippen molar-refractivity contribution in [2.45, 2.75) is 11.0 Å². The molecule has 0 aliphatic carbocycles. The molecule has 7 heteroatoms. The lowest BCUT2D eigenvalue weighted by Crippen LogP contribution is -2.29. The summed E-state index contributed by atoms with van der Waals surface area (Å²) in [5.41, 5.74) is 0.551. The van der Waals surface area contributed by atoms with Crippen LogP contribution in [0.2, 0.25) is 0 Å². The minimum absolute atomic E-state index is 0.0274. The predicted molar refractivity (Wildman–Crippen MR) is 84.3 cm³/mol. The van der Waals surface area contributed by atoms with Gasteiger partial charge in [0.1, 0.15) is 16.5 Å². The van der Waals surface area contributed by atoms with E-state index in [-0.39, 0.29) is 17.2 Å². The molecule has 23 heavy (non-hydrogen) atoms. The molecule has 0 spiro atoms. The van der Waals surface area contributed by atoms with E-state index in [9.17, 15) is 12.8 Å². The Kier molecular flexibility index (Phi) is 5.70. The fourth-order valence-electron chi connectivity index (χ4n) is 2.15. The number of halogens is 1. The molecule has 0 fully saturated rings. The van der Waals surface area contributed by atoms with Crippen LogP contribution in [-0.4, -0.2) is 29.2 Å². The zero-order valence-corrected chi connectivity index (χ0v) is 13.6. The molecule has 2 aromatic carbocycles. The number of sulfonamides is 1. The summed E-state index contributed by atoms with van der Waals surface area (Å²) in [6.45, 7) is -0.0274. The summed E-state index contributed by atoms with van der Waals surface area (Å²) < 4.78 is 50.9. The van der Waals surface area contributed by atoms with E-state index in [0.717, 1.165) is 0 Å². The Morgan fingerprint density at radius 2 is 1.87 bits per heavy atom. The van der Waals surface area contributed by atoms with Crippen LogP contribution in [0.15, 0.2) is 53.4 Å². The topological polar surface area (TPSA) is 64.6 Å². The van der Waals surface area contributed by atoms with Crippen molar-refractivity contribution in [2.24, 2.45) is 0 Å². The lowest BCUT2D eigenvalue weighted by Gasteiger charge is -2.17. The van der Waals surface area contributed by atoms with Crippen LogP contribution in [0.1, 0.15) is 11.7 Å². The molecule has 1 N–H and O–H groups in total. The van der Waals surface area contributed by atoms with Crippen LogP contribution in [0.4, 0.5) is 4.39 Å². The van der Waals surface area contributed by atoms with Crippen molar-refractivity contribution in [1.29, 1.82) is 0 Å². The summed E-state index contributed by atoms with van der Waals surface area (Å²) >= 11 is 0. The Balaban J connectivity index is 2.17. The lowest BCUT2D eigenvalue weighted by molar-refractivity contribution is 0.107. The van der Waals surface area contributed by atoms with E-state index in [4.69, 9.17) is 9.47 Å². The molecule has 0 aliphatic rings. The molecule has 124 valence electrons. The number of ether oxygens (including phenoxy) is 2. The van der Waals surface area contributed by atoms with Crippen molar-refractivity contribution < 1.29 is 22.3 Å². The molecule has 1 atom stereocenters. The molecule has 0 amide bonds. The van der Waals surface area contributed by atoms with E-state index in [1.54, 1.807) is 30.3 Å². The van der Waals surface area contributed by atoms with Gasteiger partial charge in [0, 0.05) is 13.7 Å². The van der Waals surface area contributed by atoms with E-state index in [0.29, 0.717) is 5.56 Å². The number of benzene rings is 2. The van der Waals surface area contributed by atoms with Crippen molar-refractivity contribution in [3.05, 3.63) is 59.9 Å². The SMILES string of the molecule is COc1ccccc1S(=O)(=O)NC[C@@H](OC)c1cccc(F)c1. The van der Waals surface area contributed by atoms with Crippen molar-refractivity contribution in [1.82, 2.24) is 4.72 Å². The van der Waals surface area contributed by atoms with E-state index < -0.39 is 21.9 Å². The van der Waals surface area contributed by atoms with Crippen LogP contribution in [0.5, 0.6) is 5.75 Å². The van der Waals surface area contributed by atoms with Crippen LogP contribution in [-0.2, 0) is 14.8 Å². The summed E-state index contributed by atoms with van der Waals surface area (Å²) in [6.07, 6.45) is -0.602. The molecule has 0 radical (unpaired) electrons. The number of rotatable bonds is 7. The van der Waals surface area contributed by atoms with E-state index in [1.165, 1.54) is 32.4 Å². The molecule has 0 aliphatic heterocycles. The second-order valence-corrected chi connectivity index (χ2v) is 6.52. The second kappa shape index (κ2) is 7.54. The van der Waals surface area contributed by atoms with Gasteiger partial charge < -0.3 is 9.47 Å². The number of hydrogen-bond donors (Lipinski definition) is 1. The van der Waals surface area contributed by atoms with Gasteiger partial charge in [0.2, 0.25) is 10.0 Å². The van der Waals surface area contributed by atoms with Crippen molar-refractivity contribution in [3.8, 4) is 5.75 Å². The highest BCUT2D eigenvalue weighted by atomic mass is 32.2. The summed E-state index contributed by atoms with van der Waals surface area (Å²) in [6, 6.07) is 12.2. The average molecular weight is 339 g/mol. The maximum Gasteiger partial charge on any atom is 0.244 e. The van der Waals surface area contributed by atoms with Gasteiger partial charge in [0.25, 0.3) is 0 Å². The van der Waals surface area contributed by atoms with Gasteiger partial charge in [-0.25, -0.2) is 17.5 Å². The van der Waals surface area contributed by atoms with Crippen LogP contribution in [0.25, 0.3) is 0 Å². The molecule has 0 saturated carbocycles. The van der Waals surface area contributed by atoms with Crippen LogP contribution in [0.3, 0.4) is 0 Å². The molecule has 0 unspecified atom stereocenters. The smallest absolute Gasteiger partial charge is 0.244 e. The Bertz CT molecular complexity index is 764. The molecular formula is C16H18FNO4S. The molecule has 0 heterocycles. The van der Waals surface area contributed by atoms with Crippen LogP contribution in [0, 0.1) is 5.82 Å². The Morgan fingerprint density at radius 1 is 1.13 bits per heavy atom. The first-order valence-electron chi connectivity index (χ1n) is 6.89. The number of para-hydroxylation sites is 1. The summed E-state index contributed by atoms with van der Waals surface area (Å²) in [4.78, 5) is 0.0385. The minimum Gasteiger partial charge on any atom is -0.495 e. The minimum atomic E-state index is -3.78. The molecule has 0 aromatic heterocycles. The van der Waals surface area contributed by atoms with Crippen molar-refractivity contribution in [2.75, 3.05) is 20.8 Å². The van der Waals surface area contributed by atoms with E-state index >= 15 is 0 Å². The fourth-order valence-corrected chi connectivity index (χ4v) is 3.35. The maximum atomic E-state index is 13.3. The Labute approximate surface area is 135 Å².